The average molecular weight is 583 g/mol. The monoisotopic (exact) mass is 582 g/mol. The number of aromatic amines is 2. The number of aromatic nitrogens is 3. The van der Waals surface area contributed by atoms with Crippen LogP contribution in [0.1, 0.15) is 68.1 Å². The van der Waals surface area contributed by atoms with Gasteiger partial charge in [-0.05, 0) is 91.1 Å². The zero-order valence-corrected chi connectivity index (χ0v) is 24.1. The molecule has 3 aromatic rings. The number of rotatable bonds is 8. The van der Waals surface area contributed by atoms with Crippen LogP contribution in [-0.2, 0) is 23.1 Å². The Kier molecular flexibility index (Phi) is 7.35. The molecule has 2 fully saturated rings. The molecule has 1 aliphatic heterocycles. The predicted molar refractivity (Wildman–Crippen MR) is 156 cm³/mol. The van der Waals surface area contributed by atoms with Crippen molar-refractivity contribution in [2.24, 2.45) is 5.92 Å². The summed E-state index contributed by atoms with van der Waals surface area (Å²) in [7, 11) is 3.17. The van der Waals surface area contributed by atoms with Crippen molar-refractivity contribution in [2.45, 2.75) is 49.6 Å². The smallest absolute Gasteiger partial charge is 0.340 e. The van der Waals surface area contributed by atoms with Gasteiger partial charge in [0.2, 0.25) is 5.91 Å². The van der Waals surface area contributed by atoms with Crippen molar-refractivity contribution >= 4 is 17.7 Å². The quantitative estimate of drug-likeness (QED) is 0.243. The third-order valence-electron chi connectivity index (χ3n) is 9.17. The van der Waals surface area contributed by atoms with Crippen LogP contribution in [0.15, 0.2) is 41.2 Å². The maximum Gasteiger partial charge on any atom is 0.340 e. The molecular weight excluding hydrogens is 548 g/mol. The van der Waals surface area contributed by atoms with E-state index in [1.54, 1.807) is 31.1 Å². The van der Waals surface area contributed by atoms with E-state index in [2.05, 4.69) is 37.2 Å². The van der Waals surface area contributed by atoms with E-state index in [0.29, 0.717) is 48.7 Å². The first kappa shape index (κ1) is 28.4. The van der Waals surface area contributed by atoms with Gasteiger partial charge in [0.15, 0.2) is 0 Å². The number of benzene rings is 2. The number of fused-ring (bicyclic) bond motifs is 3. The minimum absolute atomic E-state index is 0.0828. The van der Waals surface area contributed by atoms with Crippen LogP contribution in [0.25, 0.3) is 0 Å². The number of nitrogens with one attached hydrogen (secondary N) is 5. The maximum absolute atomic E-state index is 13.1. The van der Waals surface area contributed by atoms with Crippen molar-refractivity contribution in [3.8, 4) is 6.07 Å². The molecule has 2 aromatic carbocycles. The van der Waals surface area contributed by atoms with Crippen molar-refractivity contribution in [3.05, 3.63) is 86.1 Å². The van der Waals surface area contributed by atoms with E-state index in [4.69, 9.17) is 0 Å². The first-order valence-electron chi connectivity index (χ1n) is 14.6. The molecular formula is C31H34N8O4. The van der Waals surface area contributed by atoms with Gasteiger partial charge in [0.1, 0.15) is 11.9 Å². The summed E-state index contributed by atoms with van der Waals surface area (Å²) in [6.45, 7) is 0.465. The molecule has 222 valence electrons. The highest BCUT2D eigenvalue weighted by Crippen LogP contribution is 2.48. The molecule has 2 heterocycles. The Morgan fingerprint density at radius 1 is 1.02 bits per heavy atom. The van der Waals surface area contributed by atoms with Crippen LogP contribution < -0.4 is 21.6 Å². The lowest BCUT2D eigenvalue weighted by Gasteiger charge is -2.35. The van der Waals surface area contributed by atoms with Crippen LogP contribution in [0.4, 0.5) is 0 Å². The number of H-pyrrole nitrogens is 2. The fraction of sp³-hybridized carbons (Fsp3) is 0.419. The summed E-state index contributed by atoms with van der Waals surface area (Å²) in [6.07, 6.45) is 3.31. The zero-order valence-electron chi connectivity index (χ0n) is 24.1. The van der Waals surface area contributed by atoms with Gasteiger partial charge in [0.05, 0.1) is 18.0 Å². The first-order valence-corrected chi connectivity index (χ1v) is 14.6. The predicted octanol–water partition coefficient (Wildman–Crippen LogP) is 0.743. The average Bonchev–Trinajstić information content (AvgIpc) is 3.52. The lowest BCUT2D eigenvalue weighted by molar-refractivity contribution is -0.131. The third-order valence-corrected chi connectivity index (χ3v) is 9.17. The summed E-state index contributed by atoms with van der Waals surface area (Å²) in [5.74, 6) is 0.333. The molecule has 3 atom stereocenters. The van der Waals surface area contributed by atoms with Crippen molar-refractivity contribution in [3.63, 3.8) is 0 Å². The van der Waals surface area contributed by atoms with E-state index in [1.807, 2.05) is 24.3 Å². The van der Waals surface area contributed by atoms with Crippen molar-refractivity contribution in [1.29, 1.82) is 5.26 Å². The minimum atomic E-state index is -0.969. The highest BCUT2D eigenvalue weighted by atomic mass is 16.2. The van der Waals surface area contributed by atoms with Crippen LogP contribution in [0.5, 0.6) is 0 Å². The zero-order chi connectivity index (χ0) is 30.3. The second-order valence-corrected chi connectivity index (χ2v) is 11.5. The second-order valence-electron chi connectivity index (χ2n) is 11.5. The van der Waals surface area contributed by atoms with Gasteiger partial charge < -0.3 is 20.9 Å². The van der Waals surface area contributed by atoms with Gasteiger partial charge in [-0.3, -0.25) is 19.4 Å². The Morgan fingerprint density at radius 3 is 2.19 bits per heavy atom. The molecule has 1 aromatic heterocycles. The number of aryl methyl sites for hydroxylation is 2. The Morgan fingerprint density at radius 2 is 1.65 bits per heavy atom. The molecule has 5 N–H and O–H groups in total. The van der Waals surface area contributed by atoms with Crippen LogP contribution >= 0.6 is 0 Å². The number of carbonyl (C=O) groups is 3. The Bertz CT molecular complexity index is 1630. The molecule has 0 bridgehead atoms. The first-order chi connectivity index (χ1) is 20.8. The lowest BCUT2D eigenvalue weighted by Crippen LogP contribution is -2.44. The molecule has 0 radical (unpaired) electrons. The maximum atomic E-state index is 13.1. The molecule has 3 aliphatic rings. The number of hydrogen-bond donors (Lipinski definition) is 5. The highest BCUT2D eigenvalue weighted by molar-refractivity contribution is 5.95. The van der Waals surface area contributed by atoms with Crippen LogP contribution in [0.3, 0.4) is 0 Å². The van der Waals surface area contributed by atoms with Crippen molar-refractivity contribution in [1.82, 2.24) is 36.0 Å². The minimum Gasteiger partial charge on any atom is -0.355 e. The van der Waals surface area contributed by atoms with Crippen LogP contribution in [-0.4, -0.2) is 77.1 Å². The number of piperidine rings is 1. The van der Waals surface area contributed by atoms with Gasteiger partial charge in [-0.25, -0.2) is 9.89 Å². The summed E-state index contributed by atoms with van der Waals surface area (Å²) in [6, 6.07) is 13.2. The number of nitrogens with zero attached hydrogens (tertiary/aromatic N) is 3. The van der Waals surface area contributed by atoms with Gasteiger partial charge in [-0.1, -0.05) is 12.1 Å². The molecule has 3 amide bonds. The summed E-state index contributed by atoms with van der Waals surface area (Å²) >= 11 is 0. The molecule has 43 heavy (non-hydrogen) atoms. The van der Waals surface area contributed by atoms with E-state index >= 15 is 0 Å². The molecule has 0 spiro atoms. The van der Waals surface area contributed by atoms with E-state index in [1.165, 1.54) is 0 Å². The second kappa shape index (κ2) is 11.1. The fourth-order valence-corrected chi connectivity index (χ4v) is 7.03. The van der Waals surface area contributed by atoms with Gasteiger partial charge in [-0.15, -0.1) is 0 Å². The van der Waals surface area contributed by atoms with Crippen LogP contribution in [0, 0.1) is 17.2 Å². The summed E-state index contributed by atoms with van der Waals surface area (Å²) in [4.78, 5) is 55.3. The van der Waals surface area contributed by atoms with Crippen molar-refractivity contribution < 1.29 is 14.4 Å². The molecule has 2 aliphatic carbocycles. The summed E-state index contributed by atoms with van der Waals surface area (Å²) in [5, 5.41) is 25.1. The van der Waals surface area contributed by atoms with Gasteiger partial charge in [0.25, 0.3) is 11.8 Å². The molecule has 6 rings (SSSR count). The van der Waals surface area contributed by atoms with E-state index in [0.717, 1.165) is 35.1 Å². The fourth-order valence-electron chi connectivity index (χ4n) is 7.03. The Labute approximate surface area is 248 Å². The van der Waals surface area contributed by atoms with Crippen molar-refractivity contribution in [2.75, 3.05) is 27.2 Å². The molecule has 1 saturated carbocycles. The molecule has 12 heteroatoms. The largest absolute Gasteiger partial charge is 0.355 e. The third kappa shape index (κ3) is 4.89. The SMILES string of the molecule is CNC(=O)c1ccc2c(c1)CCc1cc(C(=O)NC)ccc1C2(CCNCC(=O)N1C(C#N)C[C@@H]2C[C@@H]21)c1n[nH]c(=O)[nH]1. The molecule has 1 unspecified atom stereocenters. The number of likely N-dealkylation sites (tertiary alicyclic amines) is 1. The molecule has 1 saturated heterocycles. The Hall–Kier alpha value is -4.76. The Balaban J connectivity index is 1.40. The number of amides is 3. The molecule has 12 nitrogen and oxygen atoms in total. The lowest BCUT2D eigenvalue weighted by atomic mass is 9.69. The standard InChI is InChI=1S/C31H34N8O4/c1-33-27(41)19-5-7-23-17(11-19)3-4-18-12-20(28(42)34-2)6-8-24(18)31(23,29-36-30(43)38-37-29)9-10-35-16-26(40)39-22(15-32)13-21-14-25(21)39/h5-8,11-12,21-22,25,35H,3-4,9-10,13-14,16H2,1-2H3,(H,33,41)(H,34,42)(H2,36,37,38,43)/t21-,22?,25+/m1/s1. The van der Waals surface area contributed by atoms with E-state index in [9.17, 15) is 24.4 Å². The summed E-state index contributed by atoms with van der Waals surface area (Å²) < 4.78 is 0. The van der Waals surface area contributed by atoms with Gasteiger partial charge >= 0.3 is 5.69 Å². The van der Waals surface area contributed by atoms with E-state index in [-0.39, 0.29) is 36.3 Å². The normalized spacial score (nSPS) is 21.0. The number of carbonyl (C=O) groups excluding carboxylic acids is 3. The topological polar surface area (TPSA) is 176 Å². The van der Waals surface area contributed by atoms with Gasteiger partial charge in [0, 0.05) is 31.3 Å². The highest BCUT2D eigenvalue weighted by Gasteiger charge is 2.54. The van der Waals surface area contributed by atoms with E-state index < -0.39 is 11.1 Å². The number of nitriles is 1. The van der Waals surface area contributed by atoms with Gasteiger partial charge in [-0.2, -0.15) is 10.4 Å². The van der Waals surface area contributed by atoms with Crippen LogP contribution in [0.2, 0.25) is 0 Å². The summed E-state index contributed by atoms with van der Waals surface area (Å²) in [5.41, 5.74) is 3.22. The number of hydrogen-bond acceptors (Lipinski definition) is 7.